The number of rotatable bonds is 7. The summed E-state index contributed by atoms with van der Waals surface area (Å²) < 4.78 is 5.55. The van der Waals surface area contributed by atoms with Crippen LogP contribution in [0.5, 0.6) is 5.75 Å². The lowest BCUT2D eigenvalue weighted by Gasteiger charge is -2.37. The van der Waals surface area contributed by atoms with E-state index in [9.17, 15) is 9.90 Å². The van der Waals surface area contributed by atoms with Gasteiger partial charge in [0, 0.05) is 11.1 Å². The van der Waals surface area contributed by atoms with E-state index in [4.69, 9.17) is 4.74 Å². The third kappa shape index (κ3) is 7.63. The molecule has 0 aliphatic heterocycles. The Morgan fingerprint density at radius 3 is 1.50 bits per heavy atom. The van der Waals surface area contributed by atoms with Crippen LogP contribution in [0.4, 0.5) is 0 Å². The summed E-state index contributed by atoms with van der Waals surface area (Å²) in [6.07, 6.45) is 1.77. The molecule has 1 N–H and O–H groups in total. The fourth-order valence-corrected chi connectivity index (χ4v) is 4.95. The van der Waals surface area contributed by atoms with Gasteiger partial charge in [-0.1, -0.05) is 83.1 Å². The Morgan fingerprint density at radius 1 is 0.833 bits per heavy atom. The highest BCUT2D eigenvalue weighted by molar-refractivity contribution is 5.90. The van der Waals surface area contributed by atoms with Gasteiger partial charge in [-0.25, -0.2) is 4.79 Å². The summed E-state index contributed by atoms with van der Waals surface area (Å²) in [4.78, 5) is 12.9. The van der Waals surface area contributed by atoms with Crippen molar-refractivity contribution in [2.45, 2.75) is 107 Å². The molecule has 30 heavy (non-hydrogen) atoms. The van der Waals surface area contributed by atoms with Crippen molar-refractivity contribution in [1.82, 2.24) is 0 Å². The van der Waals surface area contributed by atoms with Crippen LogP contribution in [0.2, 0.25) is 0 Å². The summed E-state index contributed by atoms with van der Waals surface area (Å²) in [5.41, 5.74) is 1.78. The van der Waals surface area contributed by atoms with E-state index in [-0.39, 0.29) is 33.5 Å². The van der Waals surface area contributed by atoms with Crippen LogP contribution in [0.15, 0.2) is 12.1 Å². The normalized spacial score (nSPS) is 13.6. The van der Waals surface area contributed by atoms with E-state index in [1.165, 1.54) is 0 Å². The molecule has 0 saturated heterocycles. The maximum absolute atomic E-state index is 12.9. The van der Waals surface area contributed by atoms with Crippen LogP contribution < -0.4 is 0 Å². The molecule has 1 aromatic carbocycles. The highest BCUT2D eigenvalue weighted by Crippen LogP contribution is 2.47. The van der Waals surface area contributed by atoms with Crippen molar-refractivity contribution in [3.63, 3.8) is 0 Å². The number of hydrogen-bond donors (Lipinski definition) is 1. The number of esters is 1. The van der Waals surface area contributed by atoms with Crippen LogP contribution in [0, 0.1) is 16.7 Å². The average Bonchev–Trinajstić information content (AvgIpc) is 2.47. The SMILES string of the molecule is CC(C)COC(=O)c1cc(C(C)(C)CC(C)(C)C)c(O)c(C(C)(C)CC(C)(C)C)c1. The van der Waals surface area contributed by atoms with E-state index in [0.717, 1.165) is 24.0 Å². The van der Waals surface area contributed by atoms with Gasteiger partial charge in [-0.15, -0.1) is 0 Å². The van der Waals surface area contributed by atoms with Crippen LogP contribution in [0.1, 0.15) is 117 Å². The predicted octanol–water partition coefficient (Wildman–Crippen LogP) is 7.63. The quantitative estimate of drug-likeness (QED) is 0.463. The van der Waals surface area contributed by atoms with E-state index < -0.39 is 0 Å². The predicted molar refractivity (Wildman–Crippen MR) is 127 cm³/mol. The van der Waals surface area contributed by atoms with Crippen molar-refractivity contribution in [3.8, 4) is 5.75 Å². The Labute approximate surface area is 185 Å². The Morgan fingerprint density at radius 2 is 1.20 bits per heavy atom. The molecule has 0 heterocycles. The van der Waals surface area contributed by atoms with Gasteiger partial charge in [0.05, 0.1) is 12.2 Å². The van der Waals surface area contributed by atoms with E-state index in [0.29, 0.717) is 17.9 Å². The minimum Gasteiger partial charge on any atom is -0.507 e. The average molecular weight is 419 g/mol. The lowest BCUT2D eigenvalue weighted by Crippen LogP contribution is -2.29. The van der Waals surface area contributed by atoms with E-state index in [1.807, 2.05) is 26.0 Å². The summed E-state index contributed by atoms with van der Waals surface area (Å²) in [6.45, 7) is 26.3. The molecule has 172 valence electrons. The molecule has 0 bridgehead atoms. The van der Waals surface area contributed by atoms with Crippen molar-refractivity contribution in [2.24, 2.45) is 16.7 Å². The molecule has 0 fully saturated rings. The molecule has 0 unspecified atom stereocenters. The molecule has 3 heteroatoms. The first-order valence-corrected chi connectivity index (χ1v) is 11.3. The zero-order valence-corrected chi connectivity index (χ0v) is 21.6. The van der Waals surface area contributed by atoms with Gasteiger partial charge in [-0.2, -0.15) is 0 Å². The number of hydrogen-bond acceptors (Lipinski definition) is 3. The fourth-order valence-electron chi connectivity index (χ4n) is 4.95. The number of ether oxygens (including phenoxy) is 1. The van der Waals surface area contributed by atoms with Crippen molar-refractivity contribution in [2.75, 3.05) is 6.61 Å². The summed E-state index contributed by atoms with van der Waals surface area (Å²) >= 11 is 0. The van der Waals surface area contributed by atoms with E-state index in [1.54, 1.807) is 0 Å². The van der Waals surface area contributed by atoms with Crippen LogP contribution in [0.25, 0.3) is 0 Å². The Bertz CT molecular complexity index is 691. The number of carbonyl (C=O) groups is 1. The van der Waals surface area contributed by atoms with Crippen molar-refractivity contribution >= 4 is 5.97 Å². The van der Waals surface area contributed by atoms with Gasteiger partial charge in [0.15, 0.2) is 0 Å². The number of carbonyl (C=O) groups excluding carboxylic acids is 1. The highest BCUT2D eigenvalue weighted by atomic mass is 16.5. The van der Waals surface area contributed by atoms with Crippen molar-refractivity contribution in [1.29, 1.82) is 0 Å². The fraction of sp³-hybridized carbons (Fsp3) is 0.741. The second-order valence-electron chi connectivity index (χ2n) is 13.2. The van der Waals surface area contributed by atoms with Gasteiger partial charge in [0.1, 0.15) is 5.75 Å². The zero-order chi connectivity index (χ0) is 23.7. The number of phenolic OH excluding ortho intramolecular Hbond substituents is 1. The lowest BCUT2D eigenvalue weighted by atomic mass is 9.68. The standard InChI is InChI=1S/C27H46O3/c1-18(2)15-30-23(29)19-13-20(26(9,10)16-24(3,4)5)22(28)21(14-19)27(11,12)17-25(6,7)8/h13-14,18,28H,15-17H2,1-12H3. The summed E-state index contributed by atoms with van der Waals surface area (Å²) in [5, 5.41) is 11.4. The van der Waals surface area contributed by atoms with Gasteiger partial charge in [0.2, 0.25) is 0 Å². The first-order chi connectivity index (χ1) is 13.3. The number of aromatic hydroxyl groups is 1. The number of phenols is 1. The summed E-state index contributed by atoms with van der Waals surface area (Å²) in [7, 11) is 0. The van der Waals surface area contributed by atoms with Crippen LogP contribution in [-0.4, -0.2) is 17.7 Å². The zero-order valence-electron chi connectivity index (χ0n) is 21.6. The molecular weight excluding hydrogens is 372 g/mol. The molecule has 0 saturated carbocycles. The third-order valence-electron chi connectivity index (χ3n) is 5.30. The summed E-state index contributed by atoms with van der Waals surface area (Å²) in [6, 6.07) is 3.70. The minimum absolute atomic E-state index is 0.0885. The first kappa shape index (κ1) is 26.5. The van der Waals surface area contributed by atoms with E-state index in [2.05, 4.69) is 69.2 Å². The minimum atomic E-state index is -0.315. The maximum Gasteiger partial charge on any atom is 0.338 e. The van der Waals surface area contributed by atoms with Gasteiger partial charge < -0.3 is 9.84 Å². The van der Waals surface area contributed by atoms with Crippen LogP contribution >= 0.6 is 0 Å². The largest absolute Gasteiger partial charge is 0.507 e. The Balaban J connectivity index is 3.64. The second kappa shape index (κ2) is 8.93. The smallest absolute Gasteiger partial charge is 0.338 e. The molecule has 3 nitrogen and oxygen atoms in total. The second-order valence-corrected chi connectivity index (χ2v) is 13.2. The molecule has 0 atom stereocenters. The first-order valence-electron chi connectivity index (χ1n) is 11.3. The lowest BCUT2D eigenvalue weighted by molar-refractivity contribution is 0.0458. The van der Waals surface area contributed by atoms with Crippen LogP contribution in [0.3, 0.4) is 0 Å². The molecular formula is C27H46O3. The van der Waals surface area contributed by atoms with Crippen molar-refractivity contribution < 1.29 is 14.6 Å². The highest BCUT2D eigenvalue weighted by Gasteiger charge is 2.36. The topological polar surface area (TPSA) is 46.5 Å². The molecule has 0 spiro atoms. The maximum atomic E-state index is 12.9. The summed E-state index contributed by atoms with van der Waals surface area (Å²) in [5.74, 6) is 0.280. The van der Waals surface area contributed by atoms with Gasteiger partial charge in [0.25, 0.3) is 0 Å². The Hall–Kier alpha value is -1.51. The molecule has 0 aliphatic rings. The van der Waals surface area contributed by atoms with Gasteiger partial charge in [-0.05, 0) is 52.6 Å². The molecule has 1 aromatic rings. The van der Waals surface area contributed by atoms with E-state index >= 15 is 0 Å². The monoisotopic (exact) mass is 418 g/mol. The van der Waals surface area contributed by atoms with Crippen molar-refractivity contribution in [3.05, 3.63) is 28.8 Å². The molecule has 0 radical (unpaired) electrons. The Kier molecular flexibility index (Phi) is 7.89. The van der Waals surface area contributed by atoms with Gasteiger partial charge in [-0.3, -0.25) is 0 Å². The number of benzene rings is 1. The molecule has 0 aliphatic carbocycles. The molecule has 0 aromatic heterocycles. The molecule has 1 rings (SSSR count). The molecule has 0 amide bonds. The van der Waals surface area contributed by atoms with Gasteiger partial charge >= 0.3 is 5.97 Å². The third-order valence-corrected chi connectivity index (χ3v) is 5.30. The van der Waals surface area contributed by atoms with Crippen LogP contribution in [-0.2, 0) is 15.6 Å².